The molecule has 0 bridgehead atoms. The molecule has 1 aromatic carbocycles. The monoisotopic (exact) mass is 550 g/mol. The second kappa shape index (κ2) is 13.8. The third-order valence-corrected chi connectivity index (χ3v) is 5.40. The van der Waals surface area contributed by atoms with Gasteiger partial charge in [0.05, 0.1) is 4.90 Å². The Balaban J connectivity index is 0. The molecule has 192 valence electrons. The number of quaternary nitrogens is 1. The zero-order valence-electron chi connectivity index (χ0n) is 16.7. The van der Waals surface area contributed by atoms with Gasteiger partial charge in [-0.2, -0.15) is 31.1 Å². The van der Waals surface area contributed by atoms with E-state index >= 15 is 0 Å². The van der Waals surface area contributed by atoms with E-state index in [1.165, 1.54) is 12.1 Å². The molecule has 0 radical (unpaired) electrons. The molecule has 0 aliphatic rings. The summed E-state index contributed by atoms with van der Waals surface area (Å²) in [6.45, 7) is 0. The van der Waals surface area contributed by atoms with E-state index in [1.807, 2.05) is 4.72 Å². The first-order valence-electron chi connectivity index (χ1n) is 8.67. The van der Waals surface area contributed by atoms with E-state index in [0.29, 0.717) is 0 Å². The number of amides is 2. The van der Waals surface area contributed by atoms with Gasteiger partial charge in [0, 0.05) is 24.3 Å². The van der Waals surface area contributed by atoms with Gasteiger partial charge in [-0.25, -0.2) is 8.42 Å². The van der Waals surface area contributed by atoms with Gasteiger partial charge in [0.25, 0.3) is 5.91 Å². The first-order valence-corrected chi connectivity index (χ1v) is 10.5. The van der Waals surface area contributed by atoms with Crippen LogP contribution in [0.1, 0.15) is 25.7 Å². The van der Waals surface area contributed by atoms with Gasteiger partial charge in [0.15, 0.2) is 6.04 Å². The maximum Gasteiger partial charge on any atom is 0.389 e. The van der Waals surface area contributed by atoms with Crippen LogP contribution in [0.3, 0.4) is 0 Å². The van der Waals surface area contributed by atoms with Gasteiger partial charge in [-0.15, -0.1) is 0 Å². The lowest BCUT2D eigenvalue weighted by Crippen LogP contribution is -3.00. The first-order chi connectivity index (χ1) is 14.3. The predicted molar refractivity (Wildman–Crippen MR) is 101 cm³/mol. The Hall–Kier alpha value is -1.81. The highest BCUT2D eigenvalue weighted by Crippen LogP contribution is 2.23. The molecule has 0 spiro atoms. The van der Waals surface area contributed by atoms with Gasteiger partial charge >= 0.3 is 12.4 Å². The summed E-state index contributed by atoms with van der Waals surface area (Å²) < 4.78 is 96.6. The van der Waals surface area contributed by atoms with Crippen molar-refractivity contribution in [2.24, 2.45) is 11.5 Å². The highest BCUT2D eigenvalue weighted by Gasteiger charge is 2.32. The average Bonchev–Trinajstić information content (AvgIpc) is 2.62. The first kappa shape index (κ1) is 33.4. The molecular weight excluding hydrogens is 529 g/mol. The van der Waals surface area contributed by atoms with E-state index in [2.05, 4.69) is 5.73 Å². The predicted octanol–water partition coefficient (Wildman–Crippen LogP) is -1.76. The normalized spacial score (nSPS) is 13.7. The third kappa shape index (κ3) is 15.6. The van der Waals surface area contributed by atoms with Crippen LogP contribution in [0.2, 0.25) is 5.02 Å². The van der Waals surface area contributed by atoms with Gasteiger partial charge in [-0.1, -0.05) is 11.6 Å². The molecule has 0 aromatic heterocycles. The largest absolute Gasteiger partial charge is 1.00 e. The van der Waals surface area contributed by atoms with E-state index < -0.39 is 65.5 Å². The van der Waals surface area contributed by atoms with Crippen LogP contribution in [0, 0.1) is 0 Å². The summed E-state index contributed by atoms with van der Waals surface area (Å²) >= 11 is 5.60. The van der Waals surface area contributed by atoms with Crippen molar-refractivity contribution in [3.05, 3.63) is 29.3 Å². The zero-order valence-corrected chi connectivity index (χ0v) is 19.0. The van der Waals surface area contributed by atoms with Crippen LogP contribution in [0.4, 0.5) is 26.3 Å². The highest BCUT2D eigenvalue weighted by molar-refractivity contribution is 7.89. The number of sulfonamides is 1. The molecule has 2 amide bonds. The van der Waals surface area contributed by atoms with Crippen molar-refractivity contribution in [2.45, 2.75) is 55.0 Å². The summed E-state index contributed by atoms with van der Waals surface area (Å²) in [5.41, 5.74) is 12.8. The number of carbonyl (C=O) groups excluding carboxylic acids is 2. The molecule has 0 saturated carbocycles. The van der Waals surface area contributed by atoms with Crippen molar-refractivity contribution in [1.82, 2.24) is 4.72 Å². The molecule has 1 aromatic rings. The Kier molecular flexibility index (Phi) is 13.9. The summed E-state index contributed by atoms with van der Waals surface area (Å²) in [6.07, 6.45) is -12.2. The SMILES string of the molecule is NC(=O)[C@@H](CCC(F)(F)F)NS(=O)(=O)c1ccc(Cl)cc1.NC(=O)[C@H]([NH3+])CCC(F)(F)F.[Cl-]. The Bertz CT molecular complexity index is 867. The Morgan fingerprint density at radius 2 is 1.36 bits per heavy atom. The minimum Gasteiger partial charge on any atom is -1.00 e. The lowest BCUT2D eigenvalue weighted by atomic mass is 10.1. The smallest absolute Gasteiger partial charge is 0.389 e. The molecule has 0 aliphatic carbocycles. The van der Waals surface area contributed by atoms with Crippen LogP contribution in [0.15, 0.2) is 29.2 Å². The fourth-order valence-electron chi connectivity index (χ4n) is 1.92. The van der Waals surface area contributed by atoms with Crippen LogP contribution < -0.4 is 34.3 Å². The summed E-state index contributed by atoms with van der Waals surface area (Å²) in [6, 6.07) is 2.32. The lowest BCUT2D eigenvalue weighted by Gasteiger charge is -2.16. The fourth-order valence-corrected chi connectivity index (χ4v) is 3.28. The highest BCUT2D eigenvalue weighted by atomic mass is 35.5. The number of hydrogen-bond acceptors (Lipinski definition) is 4. The molecule has 17 heteroatoms. The second-order valence-electron chi connectivity index (χ2n) is 6.44. The standard InChI is InChI=1S/C11H12ClF3N2O3S.C5H9F3N2O.ClH/c12-7-1-3-8(4-2-7)21(19,20)17-9(10(16)18)5-6-11(13,14)15;6-5(7,8)2-1-3(9)4(10)11;/h1-4,9,17H,5-6H2,(H2,16,18);3H,1-2,9H2,(H2,10,11);1H/t9-;3-;/m11./s1. The molecule has 2 atom stereocenters. The van der Waals surface area contributed by atoms with Gasteiger partial charge in [-0.05, 0) is 30.7 Å². The lowest BCUT2D eigenvalue weighted by molar-refractivity contribution is -0.406. The average molecular weight is 551 g/mol. The van der Waals surface area contributed by atoms with Crippen molar-refractivity contribution in [3.63, 3.8) is 0 Å². The third-order valence-electron chi connectivity index (χ3n) is 3.66. The van der Waals surface area contributed by atoms with Crippen molar-refractivity contribution in [3.8, 4) is 0 Å². The summed E-state index contributed by atoms with van der Waals surface area (Å²) in [4.78, 5) is 21.1. The second-order valence-corrected chi connectivity index (χ2v) is 8.59. The number of primary amides is 2. The molecule has 0 heterocycles. The van der Waals surface area contributed by atoms with Gasteiger partial charge in [0.1, 0.15) is 6.04 Å². The minimum absolute atomic E-state index is 0. The number of benzene rings is 1. The fraction of sp³-hybridized carbons (Fsp3) is 0.500. The van der Waals surface area contributed by atoms with Crippen LogP contribution in [0.25, 0.3) is 0 Å². The van der Waals surface area contributed by atoms with Gasteiger partial charge in [0.2, 0.25) is 15.9 Å². The van der Waals surface area contributed by atoms with Gasteiger partial charge in [-0.3, -0.25) is 9.59 Å². The van der Waals surface area contributed by atoms with Crippen molar-refractivity contribution in [1.29, 1.82) is 0 Å². The number of alkyl halides is 6. The number of rotatable bonds is 9. The topological polar surface area (TPSA) is 160 Å². The summed E-state index contributed by atoms with van der Waals surface area (Å²) in [5.74, 6) is -1.98. The Labute approximate surface area is 196 Å². The molecule has 8 nitrogen and oxygen atoms in total. The minimum atomic E-state index is -4.51. The maximum absolute atomic E-state index is 12.1. The molecule has 0 aliphatic heterocycles. The number of nitrogens with one attached hydrogen (secondary N) is 1. The van der Waals surface area contributed by atoms with Crippen molar-refractivity contribution >= 4 is 33.4 Å². The number of halogens is 8. The van der Waals surface area contributed by atoms with Gasteiger partial charge < -0.3 is 29.6 Å². The van der Waals surface area contributed by atoms with Crippen molar-refractivity contribution in [2.75, 3.05) is 0 Å². The van der Waals surface area contributed by atoms with Crippen LogP contribution in [-0.4, -0.2) is 44.7 Å². The Morgan fingerprint density at radius 3 is 1.73 bits per heavy atom. The Morgan fingerprint density at radius 1 is 0.939 bits per heavy atom. The molecule has 0 saturated heterocycles. The van der Waals surface area contributed by atoms with E-state index in [1.54, 1.807) is 0 Å². The van der Waals surface area contributed by atoms with E-state index in [0.717, 1.165) is 12.1 Å². The summed E-state index contributed by atoms with van der Waals surface area (Å²) in [5, 5.41) is 0.289. The molecule has 0 unspecified atom stereocenters. The quantitative estimate of drug-likeness (QED) is 0.268. The number of hydrogen-bond donors (Lipinski definition) is 4. The molecule has 33 heavy (non-hydrogen) atoms. The number of nitrogens with two attached hydrogens (primary N) is 2. The van der Waals surface area contributed by atoms with Crippen LogP contribution >= 0.6 is 11.6 Å². The van der Waals surface area contributed by atoms with Crippen LogP contribution in [0.5, 0.6) is 0 Å². The molecule has 8 N–H and O–H groups in total. The molecular formula is C16H22Cl2F6N4O4S. The number of carbonyl (C=O) groups is 2. The van der Waals surface area contributed by atoms with Crippen LogP contribution in [-0.2, 0) is 19.6 Å². The molecule has 0 fully saturated rings. The molecule has 1 rings (SSSR count). The van der Waals surface area contributed by atoms with E-state index in [4.69, 9.17) is 23.1 Å². The van der Waals surface area contributed by atoms with E-state index in [9.17, 15) is 44.3 Å². The zero-order chi connectivity index (χ0) is 25.3. The summed E-state index contributed by atoms with van der Waals surface area (Å²) in [7, 11) is -4.17. The maximum atomic E-state index is 12.1. The van der Waals surface area contributed by atoms with Crippen molar-refractivity contribution < 1.29 is 62.5 Å². The van der Waals surface area contributed by atoms with E-state index in [-0.39, 0.29) is 28.7 Å².